The Morgan fingerprint density at radius 2 is 1.81 bits per heavy atom. The van der Waals surface area contributed by atoms with Crippen molar-refractivity contribution in [1.29, 1.82) is 0 Å². The number of halogens is 1. The fourth-order valence-electron chi connectivity index (χ4n) is 3.33. The molecule has 2 amide bonds. The van der Waals surface area contributed by atoms with Crippen LogP contribution in [-0.4, -0.2) is 21.8 Å². The maximum Gasteiger partial charge on any atom is 0.258 e. The first-order valence-electron chi connectivity index (χ1n) is 9.65. The number of anilines is 4. The molecule has 2 aromatic carbocycles. The second-order valence-electron chi connectivity index (χ2n) is 7.43. The van der Waals surface area contributed by atoms with Crippen molar-refractivity contribution in [3.63, 3.8) is 0 Å². The number of rotatable bonds is 4. The average Bonchev–Trinajstić information content (AvgIpc) is 2.71. The third-order valence-electron chi connectivity index (χ3n) is 5.02. The van der Waals surface area contributed by atoms with E-state index < -0.39 is 23.3 Å². The molecule has 158 valence electrons. The maximum absolute atomic E-state index is 12.9. The molecule has 0 saturated heterocycles. The van der Waals surface area contributed by atoms with Crippen LogP contribution in [0.3, 0.4) is 0 Å². The summed E-state index contributed by atoms with van der Waals surface area (Å²) in [6.07, 6.45) is -0.159. The number of hydrogen-bond acceptors (Lipinski definition) is 5. The Balaban J connectivity index is 1.63. The van der Waals surface area contributed by atoms with E-state index >= 15 is 0 Å². The van der Waals surface area contributed by atoms with Crippen LogP contribution < -0.4 is 21.5 Å². The molecular formula is C22H20ClN5O3. The molecule has 0 bridgehead atoms. The van der Waals surface area contributed by atoms with Gasteiger partial charge in [0.25, 0.3) is 5.56 Å². The molecule has 4 N–H and O–H groups in total. The molecule has 0 radical (unpaired) electrons. The molecule has 9 heteroatoms. The van der Waals surface area contributed by atoms with Gasteiger partial charge in [-0.1, -0.05) is 35.4 Å². The van der Waals surface area contributed by atoms with Crippen molar-refractivity contribution < 1.29 is 9.59 Å². The van der Waals surface area contributed by atoms with Gasteiger partial charge in [-0.05, 0) is 43.7 Å². The van der Waals surface area contributed by atoms with Gasteiger partial charge in [-0.15, -0.1) is 0 Å². The first-order valence-corrected chi connectivity index (χ1v) is 10.0. The molecule has 31 heavy (non-hydrogen) atoms. The molecule has 1 atom stereocenters. The monoisotopic (exact) mass is 437 g/mol. The minimum Gasteiger partial charge on any atom is -0.326 e. The number of H-pyrrole nitrogens is 1. The summed E-state index contributed by atoms with van der Waals surface area (Å²) in [7, 11) is 0. The van der Waals surface area contributed by atoms with Crippen LogP contribution in [0.25, 0.3) is 0 Å². The number of carbonyl (C=O) groups is 2. The predicted molar refractivity (Wildman–Crippen MR) is 120 cm³/mol. The van der Waals surface area contributed by atoms with Gasteiger partial charge < -0.3 is 16.0 Å². The summed E-state index contributed by atoms with van der Waals surface area (Å²) >= 11 is 6.12. The van der Waals surface area contributed by atoms with Crippen LogP contribution in [0, 0.1) is 13.8 Å². The molecule has 1 aliphatic rings. The van der Waals surface area contributed by atoms with Gasteiger partial charge in [0.15, 0.2) is 0 Å². The van der Waals surface area contributed by atoms with Crippen LogP contribution >= 0.6 is 11.6 Å². The zero-order valence-corrected chi connectivity index (χ0v) is 17.6. The Kier molecular flexibility index (Phi) is 5.48. The molecular weight excluding hydrogens is 418 g/mol. The van der Waals surface area contributed by atoms with E-state index in [9.17, 15) is 14.4 Å². The lowest BCUT2D eigenvalue weighted by Crippen LogP contribution is -2.36. The van der Waals surface area contributed by atoms with Gasteiger partial charge in [0.1, 0.15) is 5.82 Å². The summed E-state index contributed by atoms with van der Waals surface area (Å²) in [5, 5.41) is 8.82. The highest BCUT2D eigenvalue weighted by Crippen LogP contribution is 2.30. The molecule has 0 fully saturated rings. The summed E-state index contributed by atoms with van der Waals surface area (Å²) in [6.45, 7) is 3.82. The minimum absolute atomic E-state index is 0.0664. The summed E-state index contributed by atoms with van der Waals surface area (Å²) in [4.78, 5) is 44.9. The van der Waals surface area contributed by atoms with E-state index in [0.717, 1.165) is 16.8 Å². The van der Waals surface area contributed by atoms with Crippen LogP contribution in [0.4, 0.5) is 23.1 Å². The number of hydrogen-bond donors (Lipinski definition) is 4. The summed E-state index contributed by atoms with van der Waals surface area (Å²) in [6, 6.07) is 12.6. The number of aryl methyl sites for hydroxylation is 2. The van der Waals surface area contributed by atoms with E-state index in [0.29, 0.717) is 10.7 Å². The number of nitrogens with one attached hydrogen (secondary N) is 4. The second-order valence-corrected chi connectivity index (χ2v) is 7.83. The van der Waals surface area contributed by atoms with Crippen molar-refractivity contribution in [1.82, 2.24) is 9.97 Å². The maximum atomic E-state index is 12.9. The number of benzene rings is 2. The molecule has 0 spiro atoms. The fraction of sp³-hybridized carbons (Fsp3) is 0.182. The third-order valence-corrected chi connectivity index (χ3v) is 5.43. The van der Waals surface area contributed by atoms with Crippen molar-refractivity contribution in [2.24, 2.45) is 0 Å². The summed E-state index contributed by atoms with van der Waals surface area (Å²) in [5.41, 5.74) is 2.78. The third kappa shape index (κ3) is 4.44. The first kappa shape index (κ1) is 20.6. The normalized spacial score (nSPS) is 15.1. The Labute approximate surface area is 183 Å². The molecule has 1 aromatic heterocycles. The van der Waals surface area contributed by atoms with E-state index in [4.69, 9.17) is 11.6 Å². The zero-order valence-electron chi connectivity index (χ0n) is 16.9. The zero-order chi connectivity index (χ0) is 22.1. The van der Waals surface area contributed by atoms with Crippen LogP contribution in [0.2, 0.25) is 5.02 Å². The number of aromatic nitrogens is 2. The number of aromatic amines is 1. The molecule has 4 rings (SSSR count). The van der Waals surface area contributed by atoms with Gasteiger partial charge >= 0.3 is 0 Å². The van der Waals surface area contributed by atoms with Crippen molar-refractivity contribution in [2.75, 3.05) is 16.0 Å². The minimum atomic E-state index is -0.978. The quantitative estimate of drug-likeness (QED) is 0.494. The number of nitrogens with zero attached hydrogens (tertiary/aromatic N) is 1. The van der Waals surface area contributed by atoms with Crippen molar-refractivity contribution in [2.45, 2.75) is 26.2 Å². The van der Waals surface area contributed by atoms with E-state index in [1.54, 1.807) is 18.2 Å². The predicted octanol–water partition coefficient (Wildman–Crippen LogP) is 3.85. The van der Waals surface area contributed by atoms with E-state index in [2.05, 4.69) is 25.9 Å². The molecule has 1 aliphatic heterocycles. The smallest absolute Gasteiger partial charge is 0.258 e. The SMILES string of the molecule is Cc1ccc(Nc2nc3c(c(=O)[nH]2)C(C(=O)Nc2ccc(C)c(Cl)c2)CC(=O)N3)cc1. The summed E-state index contributed by atoms with van der Waals surface area (Å²) in [5.74, 6) is -1.62. The van der Waals surface area contributed by atoms with Crippen LogP contribution in [0.5, 0.6) is 0 Å². The van der Waals surface area contributed by atoms with Gasteiger partial charge in [-0.3, -0.25) is 19.4 Å². The van der Waals surface area contributed by atoms with Crippen molar-refractivity contribution >= 4 is 46.6 Å². The Hall–Kier alpha value is -3.65. The molecule has 1 unspecified atom stereocenters. The lowest BCUT2D eigenvalue weighted by Gasteiger charge is -2.23. The molecule has 2 heterocycles. The average molecular weight is 438 g/mol. The largest absolute Gasteiger partial charge is 0.326 e. The second kappa shape index (κ2) is 8.23. The highest BCUT2D eigenvalue weighted by atomic mass is 35.5. The number of amides is 2. The van der Waals surface area contributed by atoms with Crippen molar-refractivity contribution in [3.8, 4) is 0 Å². The van der Waals surface area contributed by atoms with E-state index in [1.807, 2.05) is 38.1 Å². The highest BCUT2D eigenvalue weighted by molar-refractivity contribution is 6.31. The van der Waals surface area contributed by atoms with Gasteiger partial charge in [0.05, 0.1) is 11.5 Å². The number of fused-ring (bicyclic) bond motifs is 1. The topological polar surface area (TPSA) is 116 Å². The molecule has 0 aliphatic carbocycles. The molecule has 3 aromatic rings. The van der Waals surface area contributed by atoms with Gasteiger partial charge in [-0.25, -0.2) is 0 Å². The van der Waals surface area contributed by atoms with Crippen LogP contribution in [0.15, 0.2) is 47.3 Å². The van der Waals surface area contributed by atoms with Crippen molar-refractivity contribution in [3.05, 3.63) is 74.5 Å². The van der Waals surface area contributed by atoms with Gasteiger partial charge in [0.2, 0.25) is 17.8 Å². The highest BCUT2D eigenvalue weighted by Gasteiger charge is 2.34. The molecule has 8 nitrogen and oxygen atoms in total. The van der Waals surface area contributed by atoms with E-state index in [-0.39, 0.29) is 23.8 Å². The first-order chi connectivity index (χ1) is 14.8. The fourth-order valence-corrected chi connectivity index (χ4v) is 3.51. The van der Waals surface area contributed by atoms with Gasteiger partial charge in [-0.2, -0.15) is 4.98 Å². The summed E-state index contributed by atoms with van der Waals surface area (Å²) < 4.78 is 0. The standard InChI is InChI=1S/C22H20ClN5O3/c1-11-3-6-13(7-4-11)25-22-27-19-18(21(31)28-22)15(10-17(29)26-19)20(30)24-14-8-5-12(2)16(23)9-14/h3-9,15H,10H2,1-2H3,(H,24,30)(H3,25,26,27,28,29,31). The molecule has 0 saturated carbocycles. The number of carbonyl (C=O) groups excluding carboxylic acids is 2. The Morgan fingerprint density at radius 1 is 1.10 bits per heavy atom. The van der Waals surface area contributed by atoms with E-state index in [1.165, 1.54) is 0 Å². The lowest BCUT2D eigenvalue weighted by atomic mass is 9.92. The Morgan fingerprint density at radius 3 is 2.52 bits per heavy atom. The van der Waals surface area contributed by atoms with Crippen LogP contribution in [0.1, 0.15) is 29.0 Å². The lowest BCUT2D eigenvalue weighted by molar-refractivity contribution is -0.123. The van der Waals surface area contributed by atoms with Gasteiger partial charge in [0, 0.05) is 22.8 Å². The Bertz CT molecular complexity index is 1240. The van der Waals surface area contributed by atoms with Crippen LogP contribution in [-0.2, 0) is 9.59 Å².